The Bertz CT molecular complexity index is 185. The molecule has 23 heavy (non-hydrogen) atoms. The topological polar surface area (TPSA) is 51.0 Å². The van der Waals surface area contributed by atoms with Crippen molar-refractivity contribution in [2.45, 2.75) is 52.4 Å². The highest BCUT2D eigenvalue weighted by Crippen LogP contribution is 1.90. The van der Waals surface area contributed by atoms with E-state index in [1.807, 2.05) is 0 Å². The Morgan fingerprint density at radius 3 is 1.17 bits per heavy atom. The first-order valence-electron chi connectivity index (χ1n) is 9.36. The molecule has 0 aliphatic rings. The number of nitrogens with zero attached hydrogens (tertiary/aromatic N) is 1. The molecule has 139 valence electrons. The van der Waals surface area contributed by atoms with Gasteiger partial charge in [-0.15, -0.1) is 0 Å². The van der Waals surface area contributed by atoms with Crippen LogP contribution in [0.25, 0.3) is 0 Å². The first-order chi connectivity index (χ1) is 11.4. The molecule has 0 rings (SSSR count). The van der Waals surface area contributed by atoms with Crippen LogP contribution in [0.15, 0.2) is 0 Å². The molecule has 0 aliphatic heterocycles. The highest BCUT2D eigenvalue weighted by atomic mass is 16.5. The van der Waals surface area contributed by atoms with E-state index in [1.54, 1.807) is 0 Å². The van der Waals surface area contributed by atoms with Crippen molar-refractivity contribution >= 4 is 0 Å². The van der Waals surface area contributed by atoms with Crippen molar-refractivity contribution in [1.82, 2.24) is 5.32 Å². The van der Waals surface area contributed by atoms with Gasteiger partial charge in [-0.2, -0.15) is 0 Å². The van der Waals surface area contributed by atoms with E-state index in [1.165, 1.54) is 12.8 Å². The Hall–Kier alpha value is -0.200. The third kappa shape index (κ3) is 21.8. The highest BCUT2D eigenvalue weighted by molar-refractivity contribution is 4.47. The number of hydrogen-bond donors (Lipinski definition) is 0. The summed E-state index contributed by atoms with van der Waals surface area (Å²) in [6.07, 6.45) is 6.60. The van der Waals surface area contributed by atoms with Crippen molar-refractivity contribution in [2.24, 2.45) is 0 Å². The maximum absolute atomic E-state index is 5.49. The zero-order chi connectivity index (χ0) is 16.8. The van der Waals surface area contributed by atoms with Crippen LogP contribution in [0.4, 0.5) is 0 Å². The highest BCUT2D eigenvalue weighted by Gasteiger charge is 1.94. The fraction of sp³-hybridized carbons (Fsp3) is 1.00. The Morgan fingerprint density at radius 2 is 0.826 bits per heavy atom. The number of rotatable bonds is 20. The molecule has 0 atom stereocenters. The van der Waals surface area contributed by atoms with E-state index < -0.39 is 0 Å². The van der Waals surface area contributed by atoms with Gasteiger partial charge in [0.25, 0.3) is 0 Å². The summed E-state index contributed by atoms with van der Waals surface area (Å²) in [4.78, 5) is 0. The molecule has 5 nitrogen and oxygen atoms in total. The second kappa shape index (κ2) is 21.8. The molecule has 0 unspecified atom stereocenters. The third-order valence-electron chi connectivity index (χ3n) is 3.24. The monoisotopic (exact) mass is 332 g/mol. The second-order valence-electron chi connectivity index (χ2n) is 5.53. The number of unbranched alkanes of at least 4 members (excludes halogenated alkanes) is 2. The smallest absolute Gasteiger partial charge is 0.0700 e. The van der Waals surface area contributed by atoms with Crippen molar-refractivity contribution in [3.05, 3.63) is 0 Å². The number of hydrogen-bond acceptors (Lipinski definition) is 4. The Labute approximate surface area is 143 Å². The molecule has 0 saturated carbocycles. The van der Waals surface area contributed by atoms with Gasteiger partial charge in [-0.3, -0.25) is 0 Å². The van der Waals surface area contributed by atoms with Gasteiger partial charge in [0, 0.05) is 39.5 Å². The molecule has 0 aromatic carbocycles. The van der Waals surface area contributed by atoms with Gasteiger partial charge in [-0.1, -0.05) is 26.7 Å². The SMILES string of the molecule is CCCCOCCOCCC[N]CCCOCCOCCCC. The third-order valence-corrected chi connectivity index (χ3v) is 3.24. The van der Waals surface area contributed by atoms with E-state index in [-0.39, 0.29) is 0 Å². The first kappa shape index (κ1) is 22.8. The summed E-state index contributed by atoms with van der Waals surface area (Å²) in [6.45, 7) is 12.1. The maximum Gasteiger partial charge on any atom is 0.0700 e. The molecule has 0 bridgehead atoms. The van der Waals surface area contributed by atoms with Gasteiger partial charge in [0.2, 0.25) is 0 Å². The molecule has 0 N–H and O–H groups in total. The Kier molecular flexibility index (Phi) is 21.6. The molecule has 0 spiro atoms. The van der Waals surface area contributed by atoms with Crippen LogP contribution in [-0.2, 0) is 18.9 Å². The van der Waals surface area contributed by atoms with Crippen LogP contribution in [0, 0.1) is 0 Å². The minimum atomic E-state index is 0.692. The normalized spacial score (nSPS) is 11.2. The van der Waals surface area contributed by atoms with Gasteiger partial charge in [0.1, 0.15) is 0 Å². The molecule has 1 radical (unpaired) electrons. The van der Waals surface area contributed by atoms with Crippen molar-refractivity contribution in [1.29, 1.82) is 0 Å². The molecule has 5 heteroatoms. The standard InChI is InChI=1S/C18H38NO4/c1-3-5-11-20-15-17-22-13-7-9-19-10-8-14-23-18-16-21-12-6-4-2/h3-18H2,1-2H3. The lowest BCUT2D eigenvalue weighted by Crippen LogP contribution is -2.14. The zero-order valence-corrected chi connectivity index (χ0v) is 15.4. The molecule has 0 aromatic heterocycles. The fourth-order valence-electron chi connectivity index (χ4n) is 1.81. The minimum absolute atomic E-state index is 0.692. The van der Waals surface area contributed by atoms with Crippen molar-refractivity contribution in [3.8, 4) is 0 Å². The first-order valence-corrected chi connectivity index (χ1v) is 9.36. The van der Waals surface area contributed by atoms with E-state index in [4.69, 9.17) is 18.9 Å². The van der Waals surface area contributed by atoms with E-state index in [2.05, 4.69) is 19.2 Å². The summed E-state index contributed by atoms with van der Waals surface area (Å²) in [7, 11) is 0. The molecule has 0 aliphatic carbocycles. The minimum Gasteiger partial charge on any atom is -0.379 e. The predicted octanol–water partition coefficient (Wildman–Crippen LogP) is 3.04. The summed E-state index contributed by atoms with van der Waals surface area (Å²) in [5.41, 5.74) is 0. The van der Waals surface area contributed by atoms with Crippen molar-refractivity contribution in [2.75, 3.05) is 65.9 Å². The van der Waals surface area contributed by atoms with Crippen LogP contribution in [0.2, 0.25) is 0 Å². The predicted molar refractivity (Wildman–Crippen MR) is 94.2 cm³/mol. The van der Waals surface area contributed by atoms with E-state index in [0.29, 0.717) is 26.4 Å². The van der Waals surface area contributed by atoms with Crippen LogP contribution in [0.1, 0.15) is 52.4 Å². The van der Waals surface area contributed by atoms with E-state index in [9.17, 15) is 0 Å². The van der Waals surface area contributed by atoms with Gasteiger partial charge < -0.3 is 18.9 Å². The largest absolute Gasteiger partial charge is 0.379 e. The quantitative estimate of drug-likeness (QED) is 0.322. The maximum atomic E-state index is 5.49. The fourth-order valence-corrected chi connectivity index (χ4v) is 1.81. The van der Waals surface area contributed by atoms with Crippen molar-refractivity contribution < 1.29 is 18.9 Å². The zero-order valence-electron chi connectivity index (χ0n) is 15.4. The average molecular weight is 333 g/mol. The molecule has 0 heterocycles. The lowest BCUT2D eigenvalue weighted by molar-refractivity contribution is 0.0443. The molecule has 0 fully saturated rings. The van der Waals surface area contributed by atoms with E-state index in [0.717, 1.165) is 65.2 Å². The van der Waals surface area contributed by atoms with Gasteiger partial charge in [-0.25, -0.2) is 5.32 Å². The lowest BCUT2D eigenvalue weighted by atomic mass is 10.4. The van der Waals surface area contributed by atoms with Crippen LogP contribution in [0.5, 0.6) is 0 Å². The van der Waals surface area contributed by atoms with Crippen LogP contribution in [-0.4, -0.2) is 65.9 Å². The molecule has 0 saturated heterocycles. The van der Waals surface area contributed by atoms with Gasteiger partial charge in [0.15, 0.2) is 0 Å². The van der Waals surface area contributed by atoms with Gasteiger partial charge in [0.05, 0.1) is 26.4 Å². The number of ether oxygens (including phenoxy) is 4. The van der Waals surface area contributed by atoms with Crippen molar-refractivity contribution in [3.63, 3.8) is 0 Å². The molecule has 0 aromatic rings. The van der Waals surface area contributed by atoms with E-state index >= 15 is 0 Å². The van der Waals surface area contributed by atoms with Crippen LogP contribution in [0.3, 0.4) is 0 Å². The van der Waals surface area contributed by atoms with Gasteiger partial charge in [-0.05, 0) is 25.7 Å². The molecular formula is C18H38NO4. The van der Waals surface area contributed by atoms with Crippen LogP contribution >= 0.6 is 0 Å². The molecular weight excluding hydrogens is 294 g/mol. The second-order valence-corrected chi connectivity index (χ2v) is 5.53. The average Bonchev–Trinajstić information content (AvgIpc) is 2.57. The van der Waals surface area contributed by atoms with Gasteiger partial charge >= 0.3 is 0 Å². The summed E-state index contributed by atoms with van der Waals surface area (Å²) < 4.78 is 21.8. The van der Waals surface area contributed by atoms with Crippen LogP contribution < -0.4 is 5.32 Å². The molecule has 0 amide bonds. The summed E-state index contributed by atoms with van der Waals surface area (Å²) in [6, 6.07) is 0. The summed E-state index contributed by atoms with van der Waals surface area (Å²) >= 11 is 0. The lowest BCUT2D eigenvalue weighted by Gasteiger charge is -2.06. The summed E-state index contributed by atoms with van der Waals surface area (Å²) in [5, 5.41) is 4.47. The Morgan fingerprint density at radius 1 is 0.478 bits per heavy atom. The summed E-state index contributed by atoms with van der Waals surface area (Å²) in [5.74, 6) is 0. The Balaban J connectivity index is 2.92.